The van der Waals surface area contributed by atoms with Gasteiger partial charge < -0.3 is 34.2 Å². The molecule has 0 saturated carbocycles. The molecule has 0 radical (unpaired) electrons. The topological polar surface area (TPSA) is 115 Å². The highest BCUT2D eigenvalue weighted by molar-refractivity contribution is 6.33. The van der Waals surface area contributed by atoms with Crippen molar-refractivity contribution in [2.75, 3.05) is 26.6 Å². The lowest BCUT2D eigenvalue weighted by Gasteiger charge is -2.15. The number of halogens is 1. The third-order valence-electron chi connectivity index (χ3n) is 5.68. The number of fused-ring (bicyclic) bond motifs is 1. The lowest BCUT2D eigenvalue weighted by Crippen LogP contribution is -2.20. The quantitative estimate of drug-likeness (QED) is 0.300. The summed E-state index contributed by atoms with van der Waals surface area (Å²) in [6.45, 7) is 2.26. The Balaban J connectivity index is 1.72. The fraction of sp³-hybridized carbons (Fsp3) is 0.200. The molecule has 186 valence electrons. The molecule has 11 heteroatoms. The number of ether oxygens (including phenoxy) is 3. The monoisotopic (exact) mass is 493 g/mol. The lowest BCUT2D eigenvalue weighted by molar-refractivity contribution is 0.287. The van der Waals surface area contributed by atoms with Crippen molar-refractivity contribution in [1.29, 1.82) is 0 Å². The first-order chi connectivity index (χ1) is 17.3. The summed E-state index contributed by atoms with van der Waals surface area (Å²) >= 11 is 0. The highest BCUT2D eigenvalue weighted by Crippen LogP contribution is 2.38. The molecule has 4 aromatic rings. The molecule has 1 aromatic heterocycles. The smallest absolute Gasteiger partial charge is 0.512 e. The Morgan fingerprint density at radius 2 is 1.69 bits per heavy atom. The van der Waals surface area contributed by atoms with E-state index in [2.05, 4.69) is 15.5 Å². The molecule has 3 N–H and O–H groups in total. The Morgan fingerprint density at radius 1 is 0.889 bits per heavy atom. The first-order valence-electron chi connectivity index (χ1n) is 11.0. The Bertz CT molecular complexity index is 1400. The number of hydrogen-bond acceptors (Lipinski definition) is 9. The van der Waals surface area contributed by atoms with Crippen molar-refractivity contribution in [1.82, 2.24) is 10.2 Å². The molecule has 0 aliphatic heterocycles. The van der Waals surface area contributed by atoms with Gasteiger partial charge in [0.1, 0.15) is 17.2 Å². The number of aromatic nitrogens is 2. The number of anilines is 1. The molecule has 0 aliphatic rings. The Morgan fingerprint density at radius 3 is 2.39 bits per heavy atom. The van der Waals surface area contributed by atoms with Crippen LogP contribution in [0.2, 0.25) is 0 Å². The summed E-state index contributed by atoms with van der Waals surface area (Å²) in [5.74, 6) is 1.18. The molecular formula is C25H25BFN3O6. The molecule has 9 nitrogen and oxygen atoms in total. The van der Waals surface area contributed by atoms with Crippen molar-refractivity contribution in [3.05, 3.63) is 65.6 Å². The summed E-state index contributed by atoms with van der Waals surface area (Å²) in [6, 6.07) is 13.6. The van der Waals surface area contributed by atoms with E-state index in [4.69, 9.17) is 28.9 Å². The second kappa shape index (κ2) is 10.7. The molecule has 0 bridgehead atoms. The maximum absolute atomic E-state index is 14.7. The molecule has 0 atom stereocenters. The maximum Gasteiger partial charge on any atom is 0.707 e. The zero-order chi connectivity index (χ0) is 25.8. The van der Waals surface area contributed by atoms with Crippen molar-refractivity contribution < 1.29 is 33.3 Å². The molecule has 0 amide bonds. The van der Waals surface area contributed by atoms with E-state index in [9.17, 15) is 4.39 Å². The highest BCUT2D eigenvalue weighted by atomic mass is 19.1. The number of nitrogens with one attached hydrogen (secondary N) is 1. The molecule has 0 unspecified atom stereocenters. The van der Waals surface area contributed by atoms with Crippen LogP contribution in [0.25, 0.3) is 21.9 Å². The van der Waals surface area contributed by atoms with E-state index >= 15 is 0 Å². The van der Waals surface area contributed by atoms with Crippen LogP contribution in [0.15, 0.2) is 48.5 Å². The van der Waals surface area contributed by atoms with E-state index in [-0.39, 0.29) is 11.5 Å². The van der Waals surface area contributed by atoms with Gasteiger partial charge in [0.2, 0.25) is 0 Å². The van der Waals surface area contributed by atoms with Crippen molar-refractivity contribution in [2.45, 2.75) is 13.5 Å². The van der Waals surface area contributed by atoms with Gasteiger partial charge in [0.05, 0.1) is 27.0 Å². The highest BCUT2D eigenvalue weighted by Gasteiger charge is 2.19. The second-order valence-electron chi connectivity index (χ2n) is 7.86. The van der Waals surface area contributed by atoms with Gasteiger partial charge in [-0.3, -0.25) is 0 Å². The minimum absolute atomic E-state index is 0.00116. The lowest BCUT2D eigenvalue weighted by atomic mass is 9.99. The van der Waals surface area contributed by atoms with Gasteiger partial charge in [-0.25, -0.2) is 4.39 Å². The van der Waals surface area contributed by atoms with Crippen LogP contribution < -0.4 is 24.2 Å². The van der Waals surface area contributed by atoms with Gasteiger partial charge in [-0.15, -0.1) is 5.10 Å². The van der Waals surface area contributed by atoms with Gasteiger partial charge >= 0.3 is 7.32 Å². The Hall–Kier alpha value is -4.09. The summed E-state index contributed by atoms with van der Waals surface area (Å²) < 4.78 is 35.5. The average molecular weight is 493 g/mol. The largest absolute Gasteiger partial charge is 0.707 e. The van der Waals surface area contributed by atoms with Gasteiger partial charge in [-0.1, -0.05) is 6.07 Å². The molecule has 0 spiro atoms. The number of rotatable bonds is 9. The fourth-order valence-electron chi connectivity index (χ4n) is 3.94. The van der Waals surface area contributed by atoms with E-state index < -0.39 is 13.1 Å². The number of hydrogen-bond donors (Lipinski definition) is 3. The minimum Gasteiger partial charge on any atom is -0.512 e. The molecule has 0 aliphatic carbocycles. The van der Waals surface area contributed by atoms with Gasteiger partial charge in [-0.05, 0) is 42.8 Å². The second-order valence-corrected chi connectivity index (χ2v) is 7.86. The number of nitrogens with zero attached hydrogens (tertiary/aromatic N) is 2. The minimum atomic E-state index is -2.09. The van der Waals surface area contributed by atoms with Crippen LogP contribution in [-0.2, 0) is 6.54 Å². The zero-order valence-corrected chi connectivity index (χ0v) is 20.2. The molecule has 3 aromatic carbocycles. The Kier molecular flexibility index (Phi) is 7.42. The number of aryl methyl sites for hydroxylation is 1. The first-order valence-corrected chi connectivity index (χ1v) is 11.0. The number of benzene rings is 3. The van der Waals surface area contributed by atoms with Gasteiger partial charge in [-0.2, -0.15) is 5.10 Å². The summed E-state index contributed by atoms with van der Waals surface area (Å²) in [5, 5.41) is 31.8. The van der Waals surface area contributed by atoms with Crippen molar-refractivity contribution in [2.24, 2.45) is 0 Å². The molecule has 4 rings (SSSR count). The molecular weight excluding hydrogens is 468 g/mol. The number of methoxy groups -OCH3 is 3. The van der Waals surface area contributed by atoms with Crippen molar-refractivity contribution in [3.8, 4) is 34.1 Å². The van der Waals surface area contributed by atoms with Gasteiger partial charge in [0, 0.05) is 40.6 Å². The summed E-state index contributed by atoms with van der Waals surface area (Å²) in [6.07, 6.45) is 0. The molecule has 0 fully saturated rings. The molecule has 36 heavy (non-hydrogen) atoms. The third-order valence-corrected chi connectivity index (χ3v) is 5.68. The van der Waals surface area contributed by atoms with Crippen LogP contribution >= 0.6 is 0 Å². The van der Waals surface area contributed by atoms with E-state index in [0.717, 1.165) is 22.4 Å². The predicted octanol–water partition coefficient (Wildman–Crippen LogP) is 3.73. The molecule has 0 saturated heterocycles. The SMILES string of the molecule is COc1ccc(CNc2nnc(C)c3cc(-c4cc(OB(O)O)cc(F)c4OC)ccc23)c(OC)c1. The predicted molar refractivity (Wildman–Crippen MR) is 134 cm³/mol. The third kappa shape index (κ3) is 5.12. The summed E-state index contributed by atoms with van der Waals surface area (Å²) in [5.41, 5.74) is 2.59. The van der Waals surface area contributed by atoms with Crippen molar-refractivity contribution >= 4 is 23.9 Å². The maximum atomic E-state index is 14.7. The van der Waals surface area contributed by atoms with Crippen LogP contribution in [0.3, 0.4) is 0 Å². The van der Waals surface area contributed by atoms with E-state index in [1.54, 1.807) is 20.3 Å². The molecule has 1 heterocycles. The van der Waals surface area contributed by atoms with Crippen LogP contribution in [0, 0.1) is 12.7 Å². The van der Waals surface area contributed by atoms with E-state index in [0.29, 0.717) is 40.7 Å². The van der Waals surface area contributed by atoms with Gasteiger partial charge in [0.25, 0.3) is 0 Å². The summed E-state index contributed by atoms with van der Waals surface area (Å²) in [4.78, 5) is 0. The van der Waals surface area contributed by atoms with E-state index in [1.807, 2.05) is 37.3 Å². The van der Waals surface area contributed by atoms with Crippen LogP contribution in [0.1, 0.15) is 11.3 Å². The summed E-state index contributed by atoms with van der Waals surface area (Å²) in [7, 11) is 2.46. The van der Waals surface area contributed by atoms with Crippen LogP contribution in [0.4, 0.5) is 10.2 Å². The standard InChI is InChI=1S/C25H25BFN3O6/c1-14-20-9-15(21-10-18(36-26(31)32)11-22(27)24(21)35-4)6-8-19(20)25(30-29-14)28-13-16-5-7-17(33-2)12-23(16)34-3/h5-12,31-32H,13H2,1-4H3,(H,28,30). The zero-order valence-electron chi connectivity index (χ0n) is 20.2. The Labute approximate surface area is 207 Å². The average Bonchev–Trinajstić information content (AvgIpc) is 2.87. The first kappa shape index (κ1) is 25.0. The van der Waals surface area contributed by atoms with E-state index in [1.165, 1.54) is 13.2 Å². The van der Waals surface area contributed by atoms with Crippen LogP contribution in [0.5, 0.6) is 23.0 Å². The fourth-order valence-corrected chi connectivity index (χ4v) is 3.94. The van der Waals surface area contributed by atoms with Crippen LogP contribution in [-0.4, -0.2) is 48.9 Å². The normalized spacial score (nSPS) is 10.8. The van der Waals surface area contributed by atoms with Gasteiger partial charge in [0.15, 0.2) is 17.4 Å². The van der Waals surface area contributed by atoms with Crippen molar-refractivity contribution in [3.63, 3.8) is 0 Å².